The molecule has 0 fully saturated rings. The molecule has 1 N–H and O–H groups in total. The van der Waals surface area contributed by atoms with Crippen LogP contribution in [0, 0.1) is 0 Å². The molecule has 160 valence electrons. The Bertz CT molecular complexity index is 1170. The molecule has 7 heteroatoms. The molecule has 31 heavy (non-hydrogen) atoms. The first-order valence-electron chi connectivity index (χ1n) is 10.8. The van der Waals surface area contributed by atoms with E-state index in [4.69, 9.17) is 0 Å². The Hall–Kier alpha value is -2.77. The number of thiophene rings is 1. The zero-order chi connectivity index (χ0) is 21.4. The molecule has 0 radical (unpaired) electrons. The van der Waals surface area contributed by atoms with Crippen LogP contribution in [-0.2, 0) is 30.6 Å². The molecule has 1 aliphatic carbocycles. The number of aromatic nitrogens is 2. The SMILES string of the molecule is CN(C)CC=CC(=O)N1CCc2c(sc3ncnc(Nc4ccc5c(c4)CCC5)c23)C1. The van der Waals surface area contributed by atoms with Gasteiger partial charge in [0.2, 0.25) is 5.91 Å². The maximum atomic E-state index is 12.6. The molecule has 2 aromatic heterocycles. The van der Waals surface area contributed by atoms with E-state index >= 15 is 0 Å². The van der Waals surface area contributed by atoms with Crippen LogP contribution in [0.15, 0.2) is 36.7 Å². The third-order valence-electron chi connectivity index (χ3n) is 6.04. The second kappa shape index (κ2) is 8.40. The van der Waals surface area contributed by atoms with Crippen molar-refractivity contribution in [1.29, 1.82) is 0 Å². The Kier molecular flexibility index (Phi) is 5.46. The Labute approximate surface area is 186 Å². The zero-order valence-corrected chi connectivity index (χ0v) is 18.8. The number of anilines is 2. The Balaban J connectivity index is 1.39. The second-order valence-electron chi connectivity index (χ2n) is 8.54. The van der Waals surface area contributed by atoms with Crippen LogP contribution in [0.4, 0.5) is 11.5 Å². The van der Waals surface area contributed by atoms with Gasteiger partial charge in [0.1, 0.15) is 17.0 Å². The number of rotatable bonds is 5. The fraction of sp³-hybridized carbons (Fsp3) is 0.375. The Morgan fingerprint density at radius 2 is 2.10 bits per heavy atom. The molecule has 1 amide bonds. The first kappa shape index (κ1) is 20.2. The van der Waals surface area contributed by atoms with Crippen LogP contribution < -0.4 is 5.32 Å². The van der Waals surface area contributed by atoms with Gasteiger partial charge in [0.05, 0.1) is 11.9 Å². The summed E-state index contributed by atoms with van der Waals surface area (Å²) in [6.45, 7) is 2.12. The summed E-state index contributed by atoms with van der Waals surface area (Å²) in [6, 6.07) is 6.65. The van der Waals surface area contributed by atoms with Crippen molar-refractivity contribution < 1.29 is 4.79 Å². The number of carbonyl (C=O) groups excluding carboxylic acids is 1. The molecular weight excluding hydrogens is 406 g/mol. The average molecular weight is 434 g/mol. The molecule has 3 heterocycles. The molecule has 0 atom stereocenters. The van der Waals surface area contributed by atoms with Gasteiger partial charge in [0, 0.05) is 29.7 Å². The van der Waals surface area contributed by atoms with E-state index in [0.29, 0.717) is 6.54 Å². The predicted molar refractivity (Wildman–Crippen MR) is 126 cm³/mol. The van der Waals surface area contributed by atoms with Gasteiger partial charge < -0.3 is 15.1 Å². The summed E-state index contributed by atoms with van der Waals surface area (Å²) in [5.74, 6) is 0.943. The van der Waals surface area contributed by atoms with Gasteiger partial charge in [0.25, 0.3) is 0 Å². The third-order valence-corrected chi connectivity index (χ3v) is 7.17. The number of aryl methyl sites for hydroxylation is 2. The maximum Gasteiger partial charge on any atom is 0.246 e. The van der Waals surface area contributed by atoms with E-state index in [2.05, 4.69) is 33.5 Å². The number of likely N-dealkylation sites (N-methyl/N-ethyl adjacent to an activating group) is 1. The second-order valence-corrected chi connectivity index (χ2v) is 9.63. The van der Waals surface area contributed by atoms with E-state index in [9.17, 15) is 4.79 Å². The molecular formula is C24H27N5OS. The average Bonchev–Trinajstić information content (AvgIpc) is 3.37. The van der Waals surface area contributed by atoms with Crippen LogP contribution in [0.25, 0.3) is 10.2 Å². The standard InChI is InChI=1S/C24H27N5OS/c1-28(2)11-4-7-21(30)29-12-10-19-20(14-29)31-24-22(19)23(25-15-26-24)27-18-9-8-16-5-3-6-17(16)13-18/h4,7-9,13,15H,3,5-6,10-12,14H2,1-2H3,(H,25,26,27). The largest absolute Gasteiger partial charge is 0.340 e. The Morgan fingerprint density at radius 1 is 1.23 bits per heavy atom. The van der Waals surface area contributed by atoms with E-state index in [0.717, 1.165) is 47.7 Å². The highest BCUT2D eigenvalue weighted by Gasteiger charge is 2.25. The molecule has 1 aromatic carbocycles. The molecule has 3 aromatic rings. The summed E-state index contributed by atoms with van der Waals surface area (Å²) in [5, 5.41) is 4.65. The molecule has 0 saturated carbocycles. The highest BCUT2D eigenvalue weighted by molar-refractivity contribution is 7.19. The summed E-state index contributed by atoms with van der Waals surface area (Å²) >= 11 is 1.68. The lowest BCUT2D eigenvalue weighted by Crippen LogP contribution is -2.34. The number of hydrogen-bond donors (Lipinski definition) is 1. The van der Waals surface area contributed by atoms with Crippen molar-refractivity contribution in [3.05, 3.63) is 58.2 Å². The normalized spacial score (nSPS) is 15.6. The van der Waals surface area contributed by atoms with Gasteiger partial charge in [-0.3, -0.25) is 4.79 Å². The minimum Gasteiger partial charge on any atom is -0.340 e. The molecule has 0 saturated heterocycles. The molecule has 5 rings (SSSR count). The highest BCUT2D eigenvalue weighted by Crippen LogP contribution is 2.38. The summed E-state index contributed by atoms with van der Waals surface area (Å²) in [7, 11) is 3.99. The number of benzene rings is 1. The number of hydrogen-bond acceptors (Lipinski definition) is 6. The summed E-state index contributed by atoms with van der Waals surface area (Å²) in [6.07, 6.45) is 9.66. The fourth-order valence-corrected chi connectivity index (χ4v) is 5.67. The first-order valence-corrected chi connectivity index (χ1v) is 11.6. The minimum atomic E-state index is 0.0764. The van der Waals surface area contributed by atoms with E-state index in [1.54, 1.807) is 23.7 Å². The summed E-state index contributed by atoms with van der Waals surface area (Å²) < 4.78 is 0. The molecule has 1 aliphatic heterocycles. The van der Waals surface area contributed by atoms with Crippen molar-refractivity contribution in [2.24, 2.45) is 0 Å². The van der Waals surface area contributed by atoms with Crippen LogP contribution in [0.3, 0.4) is 0 Å². The molecule has 0 bridgehead atoms. The topological polar surface area (TPSA) is 61.4 Å². The van der Waals surface area contributed by atoms with Crippen LogP contribution in [0.2, 0.25) is 0 Å². The van der Waals surface area contributed by atoms with Crippen molar-refractivity contribution >= 4 is 39.0 Å². The zero-order valence-electron chi connectivity index (χ0n) is 18.0. The maximum absolute atomic E-state index is 12.6. The van der Waals surface area contributed by atoms with Crippen molar-refractivity contribution in [2.45, 2.75) is 32.2 Å². The van der Waals surface area contributed by atoms with E-state index in [1.165, 1.54) is 34.4 Å². The number of amides is 1. The van der Waals surface area contributed by atoms with E-state index < -0.39 is 0 Å². The lowest BCUT2D eigenvalue weighted by Gasteiger charge is -2.26. The van der Waals surface area contributed by atoms with Gasteiger partial charge in [0.15, 0.2) is 0 Å². The summed E-state index contributed by atoms with van der Waals surface area (Å²) in [4.78, 5) is 27.9. The number of carbonyl (C=O) groups is 1. The van der Waals surface area contributed by atoms with Crippen molar-refractivity contribution in [3.63, 3.8) is 0 Å². The minimum absolute atomic E-state index is 0.0764. The number of nitrogens with one attached hydrogen (secondary N) is 1. The van der Waals surface area contributed by atoms with Gasteiger partial charge in [-0.2, -0.15) is 0 Å². The fourth-order valence-electron chi connectivity index (χ4n) is 4.47. The molecule has 6 nitrogen and oxygen atoms in total. The van der Waals surface area contributed by atoms with Crippen molar-refractivity contribution in [2.75, 3.05) is 32.5 Å². The van der Waals surface area contributed by atoms with Crippen LogP contribution >= 0.6 is 11.3 Å². The van der Waals surface area contributed by atoms with Gasteiger partial charge in [-0.1, -0.05) is 12.1 Å². The smallest absolute Gasteiger partial charge is 0.246 e. The third kappa shape index (κ3) is 4.07. The predicted octanol–water partition coefficient (Wildman–Crippen LogP) is 3.93. The van der Waals surface area contributed by atoms with Gasteiger partial charge in [-0.25, -0.2) is 9.97 Å². The van der Waals surface area contributed by atoms with Crippen molar-refractivity contribution in [1.82, 2.24) is 19.8 Å². The van der Waals surface area contributed by atoms with Crippen LogP contribution in [0.5, 0.6) is 0 Å². The first-order chi connectivity index (χ1) is 15.1. The molecule has 2 aliphatic rings. The van der Waals surface area contributed by atoms with Gasteiger partial charge in [-0.05, 0) is 68.6 Å². The molecule has 0 spiro atoms. The van der Waals surface area contributed by atoms with Gasteiger partial charge in [-0.15, -0.1) is 11.3 Å². The Morgan fingerprint density at radius 3 is 2.97 bits per heavy atom. The highest BCUT2D eigenvalue weighted by atomic mass is 32.1. The van der Waals surface area contributed by atoms with Crippen LogP contribution in [0.1, 0.15) is 28.0 Å². The van der Waals surface area contributed by atoms with Crippen LogP contribution in [-0.4, -0.2) is 52.9 Å². The number of nitrogens with zero attached hydrogens (tertiary/aromatic N) is 4. The molecule has 0 unspecified atom stereocenters. The quantitative estimate of drug-likeness (QED) is 0.618. The van der Waals surface area contributed by atoms with E-state index in [-0.39, 0.29) is 5.91 Å². The lowest BCUT2D eigenvalue weighted by atomic mass is 10.0. The lowest BCUT2D eigenvalue weighted by molar-refractivity contribution is -0.126. The summed E-state index contributed by atoms with van der Waals surface area (Å²) in [5.41, 5.74) is 5.28. The van der Waals surface area contributed by atoms with E-state index in [1.807, 2.05) is 30.0 Å². The van der Waals surface area contributed by atoms with Gasteiger partial charge >= 0.3 is 0 Å². The van der Waals surface area contributed by atoms with Crippen molar-refractivity contribution in [3.8, 4) is 0 Å². The monoisotopic (exact) mass is 433 g/mol. The number of fused-ring (bicyclic) bond motifs is 4.